The van der Waals surface area contributed by atoms with Gasteiger partial charge in [-0.25, -0.2) is 9.67 Å². The zero-order valence-electron chi connectivity index (χ0n) is 9.66. The Balaban J connectivity index is 2.33. The normalized spacial score (nSPS) is 10.2. The Morgan fingerprint density at radius 3 is 2.82 bits per heavy atom. The Bertz CT molecular complexity index is 546. The van der Waals surface area contributed by atoms with Gasteiger partial charge >= 0.3 is 0 Å². The molecule has 6 nitrogen and oxygen atoms in total. The highest BCUT2D eigenvalue weighted by molar-refractivity contribution is 5.91. The summed E-state index contributed by atoms with van der Waals surface area (Å²) in [5.74, 6) is 0.282. The van der Waals surface area contributed by atoms with Gasteiger partial charge in [0.15, 0.2) is 5.69 Å². The zero-order chi connectivity index (χ0) is 12.4. The Hall–Kier alpha value is -2.37. The summed E-state index contributed by atoms with van der Waals surface area (Å²) in [5, 5.41) is 4.18. The number of nitrogen functional groups attached to an aromatic ring is 1. The number of carbonyl (C=O) groups is 1. The molecule has 0 aromatic carbocycles. The molecule has 2 aromatic rings. The number of rotatable bonds is 2. The number of nitrogens with zero attached hydrogens (tertiary/aromatic N) is 4. The molecule has 2 rings (SSSR count). The van der Waals surface area contributed by atoms with Crippen LogP contribution in [0.1, 0.15) is 10.5 Å². The van der Waals surface area contributed by atoms with Crippen LogP contribution in [0.25, 0.3) is 5.69 Å². The molecule has 17 heavy (non-hydrogen) atoms. The van der Waals surface area contributed by atoms with Crippen LogP contribution < -0.4 is 5.73 Å². The molecule has 0 radical (unpaired) electrons. The molecule has 1 amide bonds. The van der Waals surface area contributed by atoms with Crippen molar-refractivity contribution in [2.45, 2.75) is 0 Å². The van der Waals surface area contributed by atoms with Gasteiger partial charge in [0, 0.05) is 32.6 Å². The van der Waals surface area contributed by atoms with E-state index in [0.717, 1.165) is 5.69 Å². The van der Waals surface area contributed by atoms with Crippen LogP contribution in [-0.2, 0) is 0 Å². The Labute approximate surface area is 98.7 Å². The van der Waals surface area contributed by atoms with E-state index in [0.29, 0.717) is 11.5 Å². The Morgan fingerprint density at radius 2 is 2.18 bits per heavy atom. The average Bonchev–Trinajstić information content (AvgIpc) is 2.77. The van der Waals surface area contributed by atoms with Gasteiger partial charge in [0.25, 0.3) is 5.91 Å². The molecule has 2 N–H and O–H groups in total. The van der Waals surface area contributed by atoms with Crippen molar-refractivity contribution in [2.75, 3.05) is 19.8 Å². The number of nitrogens with two attached hydrogens (primary N) is 1. The number of carbonyl (C=O) groups excluding carboxylic acids is 1. The molecular formula is C11H13N5O. The van der Waals surface area contributed by atoms with Gasteiger partial charge in [-0.3, -0.25) is 4.79 Å². The first kappa shape index (κ1) is 11.1. The highest BCUT2D eigenvalue weighted by atomic mass is 16.2. The first-order valence-corrected chi connectivity index (χ1v) is 5.07. The quantitative estimate of drug-likeness (QED) is 0.818. The van der Waals surface area contributed by atoms with E-state index in [1.54, 1.807) is 49.4 Å². The van der Waals surface area contributed by atoms with Gasteiger partial charge in [-0.15, -0.1) is 0 Å². The summed E-state index contributed by atoms with van der Waals surface area (Å²) in [6, 6.07) is 5.13. The van der Waals surface area contributed by atoms with E-state index in [1.165, 1.54) is 4.90 Å². The molecule has 0 aliphatic rings. The van der Waals surface area contributed by atoms with Gasteiger partial charge in [0.2, 0.25) is 0 Å². The first-order chi connectivity index (χ1) is 8.08. The molecule has 0 saturated carbocycles. The van der Waals surface area contributed by atoms with Gasteiger partial charge in [-0.1, -0.05) is 0 Å². The lowest BCUT2D eigenvalue weighted by Crippen LogP contribution is -2.22. The minimum Gasteiger partial charge on any atom is -0.384 e. The van der Waals surface area contributed by atoms with Crippen molar-refractivity contribution in [3.05, 3.63) is 36.3 Å². The molecule has 0 atom stereocenters. The van der Waals surface area contributed by atoms with Gasteiger partial charge < -0.3 is 10.6 Å². The highest BCUT2D eigenvalue weighted by Gasteiger charge is 2.11. The summed E-state index contributed by atoms with van der Waals surface area (Å²) >= 11 is 0. The van der Waals surface area contributed by atoms with Crippen molar-refractivity contribution in [3.63, 3.8) is 0 Å². The van der Waals surface area contributed by atoms with Gasteiger partial charge in [0.05, 0.1) is 5.69 Å². The Kier molecular flexibility index (Phi) is 2.78. The summed E-state index contributed by atoms with van der Waals surface area (Å²) < 4.78 is 1.59. The van der Waals surface area contributed by atoms with Crippen LogP contribution in [0.5, 0.6) is 0 Å². The van der Waals surface area contributed by atoms with Crippen molar-refractivity contribution in [1.82, 2.24) is 19.7 Å². The monoisotopic (exact) mass is 231 g/mol. The zero-order valence-corrected chi connectivity index (χ0v) is 9.66. The molecule has 2 heterocycles. The second kappa shape index (κ2) is 4.25. The van der Waals surface area contributed by atoms with Crippen LogP contribution in [0, 0.1) is 0 Å². The van der Waals surface area contributed by atoms with E-state index < -0.39 is 0 Å². The maximum Gasteiger partial charge on any atom is 0.273 e. The molecule has 0 aliphatic heterocycles. The molecule has 88 valence electrons. The largest absolute Gasteiger partial charge is 0.384 e. The van der Waals surface area contributed by atoms with Crippen LogP contribution in [0.3, 0.4) is 0 Å². The van der Waals surface area contributed by atoms with Crippen molar-refractivity contribution < 1.29 is 4.79 Å². The summed E-state index contributed by atoms with van der Waals surface area (Å²) in [4.78, 5) is 17.0. The van der Waals surface area contributed by atoms with Gasteiger partial charge in [0.1, 0.15) is 5.82 Å². The minimum absolute atomic E-state index is 0.134. The third-order valence-corrected chi connectivity index (χ3v) is 2.24. The molecule has 2 aromatic heterocycles. The fraction of sp³-hybridized carbons (Fsp3) is 0.182. The van der Waals surface area contributed by atoms with Crippen LogP contribution in [-0.4, -0.2) is 39.7 Å². The lowest BCUT2D eigenvalue weighted by Gasteiger charge is -2.07. The van der Waals surface area contributed by atoms with Crippen molar-refractivity contribution in [2.24, 2.45) is 0 Å². The molecular weight excluding hydrogens is 218 g/mol. The third-order valence-electron chi connectivity index (χ3n) is 2.24. The second-order valence-corrected chi connectivity index (χ2v) is 3.78. The smallest absolute Gasteiger partial charge is 0.273 e. The van der Waals surface area contributed by atoms with E-state index in [9.17, 15) is 4.79 Å². The molecule has 0 fully saturated rings. The van der Waals surface area contributed by atoms with Crippen LogP contribution in [0.4, 0.5) is 5.82 Å². The predicted molar refractivity (Wildman–Crippen MR) is 63.8 cm³/mol. The van der Waals surface area contributed by atoms with Crippen LogP contribution >= 0.6 is 0 Å². The lowest BCUT2D eigenvalue weighted by molar-refractivity contribution is 0.0821. The average molecular weight is 231 g/mol. The fourth-order valence-corrected chi connectivity index (χ4v) is 1.39. The molecule has 0 unspecified atom stereocenters. The summed E-state index contributed by atoms with van der Waals surface area (Å²) in [6.45, 7) is 0. The number of hydrogen-bond donors (Lipinski definition) is 1. The minimum atomic E-state index is -0.134. The number of anilines is 1. The van der Waals surface area contributed by atoms with E-state index in [2.05, 4.69) is 10.1 Å². The molecule has 0 spiro atoms. The number of pyridine rings is 1. The summed E-state index contributed by atoms with van der Waals surface area (Å²) in [5.41, 5.74) is 6.75. The maximum atomic E-state index is 11.7. The van der Waals surface area contributed by atoms with Gasteiger partial charge in [-0.05, 0) is 12.1 Å². The van der Waals surface area contributed by atoms with E-state index in [4.69, 9.17) is 5.73 Å². The van der Waals surface area contributed by atoms with Crippen molar-refractivity contribution >= 4 is 11.7 Å². The molecule has 6 heteroatoms. The third kappa shape index (κ3) is 2.25. The molecule has 0 bridgehead atoms. The second-order valence-electron chi connectivity index (χ2n) is 3.78. The van der Waals surface area contributed by atoms with Crippen LogP contribution in [0.15, 0.2) is 30.6 Å². The Morgan fingerprint density at radius 1 is 1.41 bits per heavy atom. The van der Waals surface area contributed by atoms with Crippen LogP contribution in [0.2, 0.25) is 0 Å². The molecule has 0 aliphatic carbocycles. The van der Waals surface area contributed by atoms with E-state index in [-0.39, 0.29) is 5.91 Å². The number of hydrogen-bond acceptors (Lipinski definition) is 4. The predicted octanol–water partition coefficient (Wildman–Crippen LogP) is 0.551. The summed E-state index contributed by atoms with van der Waals surface area (Å²) in [7, 11) is 3.37. The topological polar surface area (TPSA) is 77.0 Å². The standard InChI is InChI=1S/C11H13N5O/c1-15(2)11(17)9-4-6-16(14-9)8-3-5-13-10(12)7-8/h3-7H,1-2H3,(H2,12,13). The van der Waals surface area contributed by atoms with Gasteiger partial charge in [-0.2, -0.15) is 5.10 Å². The first-order valence-electron chi connectivity index (χ1n) is 5.07. The SMILES string of the molecule is CN(C)C(=O)c1ccn(-c2ccnc(N)c2)n1. The van der Waals surface area contributed by atoms with E-state index in [1.807, 2.05) is 0 Å². The summed E-state index contributed by atoms with van der Waals surface area (Å²) in [6.07, 6.45) is 3.31. The number of aromatic nitrogens is 3. The van der Waals surface area contributed by atoms with Crippen molar-refractivity contribution in [3.8, 4) is 5.69 Å². The fourth-order valence-electron chi connectivity index (χ4n) is 1.39. The highest BCUT2D eigenvalue weighted by Crippen LogP contribution is 2.09. The molecule has 0 saturated heterocycles. The lowest BCUT2D eigenvalue weighted by atomic mass is 10.4. The van der Waals surface area contributed by atoms with Crippen molar-refractivity contribution in [1.29, 1.82) is 0 Å². The number of amides is 1. The van der Waals surface area contributed by atoms with E-state index >= 15 is 0 Å². The maximum absolute atomic E-state index is 11.7.